The van der Waals surface area contributed by atoms with Crippen molar-refractivity contribution in [2.45, 2.75) is 0 Å². The third-order valence-electron chi connectivity index (χ3n) is 0. The van der Waals surface area contributed by atoms with Gasteiger partial charge in [-0.3, -0.25) is 0 Å². The monoisotopic (exact) mass is 75.0 g/mol. The van der Waals surface area contributed by atoms with Crippen molar-refractivity contribution in [3.8, 4) is 0 Å². The molecule has 0 aromatic rings. The van der Waals surface area contributed by atoms with Gasteiger partial charge in [0.2, 0.25) is 0 Å². The van der Waals surface area contributed by atoms with Crippen LogP contribution in [0.3, 0.4) is 0 Å². The first-order chi connectivity index (χ1) is 2.00. The van der Waals surface area contributed by atoms with Crippen LogP contribution >= 0.6 is 0 Å². The van der Waals surface area contributed by atoms with Crippen molar-refractivity contribution in [1.29, 1.82) is 5.59 Å². The molecule has 0 bridgehead atoms. The molecule has 0 aromatic carbocycles. The second-order valence-corrected chi connectivity index (χ2v) is 0. The normalized spacial score (nSPS) is 2.00. The molecule has 0 atom stereocenters. The highest BCUT2D eigenvalue weighted by atomic mass is 28.1. The topological polar surface area (TPSA) is 58.0 Å². The number of hydrogen-bond acceptors (Lipinski definition) is 3. The summed E-state index contributed by atoms with van der Waals surface area (Å²) in [6.07, 6.45) is 0. The summed E-state index contributed by atoms with van der Waals surface area (Å²) < 4.78 is 8.06. The Kier molecular flexibility index (Phi) is 110. The van der Waals surface area contributed by atoms with Crippen molar-refractivity contribution in [3.05, 3.63) is 4.91 Å². The van der Waals surface area contributed by atoms with Crippen LogP contribution in [0, 0.1) is 10.5 Å². The van der Waals surface area contributed by atoms with Crippen molar-refractivity contribution in [2.75, 3.05) is 0 Å². The minimum absolute atomic E-state index is 1.72. The molecule has 4 heteroatoms. The third-order valence-corrected chi connectivity index (χ3v) is 0. The number of nitrogens with one attached hydrogen (secondary N) is 1. The Morgan fingerprint density at radius 2 is 1.25 bits per heavy atom. The Morgan fingerprint density at radius 1 is 1.25 bits per heavy atom. The Hall–Kier alpha value is -0.383. The molecule has 0 unspecified atom stereocenters. The maximum atomic E-state index is 8.06. The van der Waals surface area contributed by atoms with Gasteiger partial charge in [-0.15, -0.1) is 0 Å². The summed E-state index contributed by atoms with van der Waals surface area (Å²) >= 11 is 0. The highest BCUT2D eigenvalue weighted by molar-refractivity contribution is 5.85. The van der Waals surface area contributed by atoms with E-state index in [9.17, 15) is 0 Å². The molecule has 0 spiro atoms. The van der Waals surface area contributed by atoms with Gasteiger partial charge < -0.3 is 4.46 Å². The van der Waals surface area contributed by atoms with Gasteiger partial charge in [-0.25, -0.2) is 0 Å². The minimum Gasteiger partial charge on any atom is -0.381 e. The van der Waals surface area contributed by atoms with Crippen molar-refractivity contribution in [1.82, 2.24) is 0 Å². The first-order valence-corrected chi connectivity index (χ1v) is 0.816. The van der Waals surface area contributed by atoms with E-state index in [1.807, 2.05) is 0 Å². The fourth-order valence-corrected chi connectivity index (χ4v) is 0. The van der Waals surface area contributed by atoms with Crippen molar-refractivity contribution >= 4 is 10.1 Å². The van der Waals surface area contributed by atoms with Crippen LogP contribution in [-0.4, -0.2) is 10.1 Å². The zero-order chi connectivity index (χ0) is 4.00. The van der Waals surface area contributed by atoms with Gasteiger partial charge in [0, 0.05) is 0 Å². The van der Waals surface area contributed by atoms with Gasteiger partial charge in [0.15, 0.2) is 0 Å². The molecular formula is HNO2Si. The minimum atomic E-state index is 1.72. The first kappa shape index (κ1) is 9.47. The summed E-state index contributed by atoms with van der Waals surface area (Å²) in [5, 5.41) is 0. The molecule has 3 nitrogen and oxygen atoms in total. The zero-order valence-electron chi connectivity index (χ0n) is 1.82. The van der Waals surface area contributed by atoms with Crippen LogP contribution in [0.1, 0.15) is 0 Å². The van der Waals surface area contributed by atoms with Crippen LogP contribution in [0.25, 0.3) is 0 Å². The summed E-state index contributed by atoms with van der Waals surface area (Å²) in [5.41, 5.74) is 4.50. The standard InChI is InChI=1S/HNO.OSi/c2*1-2/h1H;. The molecule has 2 radical (unpaired) electrons. The number of rotatable bonds is 0. The van der Waals surface area contributed by atoms with Crippen molar-refractivity contribution < 1.29 is 4.46 Å². The molecule has 1 N–H and O–H groups in total. The van der Waals surface area contributed by atoms with Crippen LogP contribution in [0.15, 0.2) is 0 Å². The van der Waals surface area contributed by atoms with Gasteiger partial charge in [-0.1, -0.05) is 5.59 Å². The molecule has 0 aliphatic heterocycles. The van der Waals surface area contributed by atoms with Gasteiger partial charge in [-0.05, 0) is 0 Å². The van der Waals surface area contributed by atoms with Crippen molar-refractivity contribution in [3.63, 3.8) is 0 Å². The quantitative estimate of drug-likeness (QED) is 0.321. The smallest absolute Gasteiger partial charge is 0.381 e. The van der Waals surface area contributed by atoms with E-state index in [1.165, 1.54) is 0 Å². The summed E-state index contributed by atoms with van der Waals surface area (Å²) in [4.78, 5) is 7.50. The lowest BCUT2D eigenvalue weighted by Crippen LogP contribution is -0.969. The second-order valence-electron chi connectivity index (χ2n) is 0. The Balaban J connectivity index is 0. The van der Waals surface area contributed by atoms with Gasteiger partial charge >= 0.3 is 10.1 Å². The van der Waals surface area contributed by atoms with Gasteiger partial charge in [-0.2, -0.15) is 4.91 Å². The van der Waals surface area contributed by atoms with E-state index >= 15 is 0 Å². The maximum absolute atomic E-state index is 8.06. The average molecular weight is 75.1 g/mol. The van der Waals surface area contributed by atoms with Gasteiger partial charge in [0.05, 0.1) is 0 Å². The third kappa shape index (κ3) is 4.19. The predicted octanol–water partition coefficient (Wildman–Crippen LogP) is -0.168. The Morgan fingerprint density at radius 3 is 1.25 bits per heavy atom. The fraction of sp³-hybridized carbons (Fsp3) is 0. The fourth-order valence-electron chi connectivity index (χ4n) is 0. The maximum Gasteiger partial charge on any atom is 0.381 e. The van der Waals surface area contributed by atoms with E-state index in [2.05, 4.69) is 5.59 Å². The number of hydrogen-bond donors (Lipinski definition) is 1. The van der Waals surface area contributed by atoms with Crippen LogP contribution < -0.4 is 0 Å². The van der Waals surface area contributed by atoms with Crippen LogP contribution in [0.2, 0.25) is 0 Å². The van der Waals surface area contributed by atoms with Crippen molar-refractivity contribution in [2.24, 2.45) is 0 Å². The summed E-state index contributed by atoms with van der Waals surface area (Å²) in [6.45, 7) is 0. The molecule has 0 saturated carbocycles. The van der Waals surface area contributed by atoms with E-state index in [0.29, 0.717) is 0 Å². The Bertz CT molecular complexity index is 8.00. The van der Waals surface area contributed by atoms with Crippen LogP contribution in [0.4, 0.5) is 0 Å². The molecule has 22 valence electrons. The predicted molar refractivity (Wildman–Crippen MR) is 12.5 cm³/mol. The highest BCUT2D eigenvalue weighted by Crippen LogP contribution is 0.766. The van der Waals surface area contributed by atoms with E-state index in [0.717, 1.165) is 0 Å². The lowest BCUT2D eigenvalue weighted by Gasteiger charge is -0.827. The molecular weight excluding hydrogens is 74.1 g/mol. The molecule has 0 fully saturated rings. The molecule has 0 aromatic heterocycles. The molecule has 4 heavy (non-hydrogen) atoms. The SMILES string of the molecule is N=O.O=[Si]. The van der Waals surface area contributed by atoms with Crippen LogP contribution in [-0.2, 0) is 4.46 Å². The molecule has 0 saturated heterocycles. The van der Waals surface area contributed by atoms with Gasteiger partial charge in [0.25, 0.3) is 0 Å². The lowest BCUT2D eigenvalue weighted by molar-refractivity contribution is 0.590. The lowest BCUT2D eigenvalue weighted by atomic mass is 13.8. The zero-order valence-corrected chi connectivity index (χ0v) is 2.82. The summed E-state index contributed by atoms with van der Waals surface area (Å²) in [7, 11) is 1.72. The highest BCUT2D eigenvalue weighted by Gasteiger charge is 0.803. The molecule has 0 aliphatic carbocycles. The largest absolute Gasteiger partial charge is 0.381 e. The summed E-state index contributed by atoms with van der Waals surface area (Å²) in [6, 6.07) is 0. The number of nitroso groups, excluding NO2 is 1. The molecule has 0 heterocycles. The van der Waals surface area contributed by atoms with E-state index < -0.39 is 0 Å². The second kappa shape index (κ2) is 46.6. The van der Waals surface area contributed by atoms with E-state index in [-0.39, 0.29) is 0 Å². The van der Waals surface area contributed by atoms with E-state index in [1.54, 1.807) is 10.1 Å². The Labute approximate surface area is 26.3 Å². The molecule has 0 aliphatic rings. The molecule has 0 amide bonds. The van der Waals surface area contributed by atoms with E-state index in [4.69, 9.17) is 9.37 Å². The first-order valence-electron chi connectivity index (χ1n) is 0.408. The van der Waals surface area contributed by atoms with Gasteiger partial charge in [0.1, 0.15) is 0 Å². The van der Waals surface area contributed by atoms with Crippen LogP contribution in [0.5, 0.6) is 0 Å². The average Bonchev–Trinajstić information content (AvgIpc) is 1.50. The summed E-state index contributed by atoms with van der Waals surface area (Å²) in [5.74, 6) is 0. The molecule has 0 rings (SSSR count).